The summed E-state index contributed by atoms with van der Waals surface area (Å²) in [6.45, 7) is 3.46. The molecule has 32 heavy (non-hydrogen) atoms. The zero-order chi connectivity index (χ0) is 22.7. The Labute approximate surface area is 192 Å². The number of likely N-dealkylation sites (tertiary alicyclic amines) is 1. The van der Waals surface area contributed by atoms with Crippen LogP contribution in [0.25, 0.3) is 9.65 Å². The van der Waals surface area contributed by atoms with Gasteiger partial charge < -0.3 is 0 Å². The van der Waals surface area contributed by atoms with E-state index >= 15 is 0 Å². The molecule has 0 bridgehead atoms. The molecule has 1 aromatic heterocycles. The van der Waals surface area contributed by atoms with Crippen molar-refractivity contribution in [1.29, 1.82) is 0 Å². The molecule has 0 aliphatic carbocycles. The van der Waals surface area contributed by atoms with E-state index in [1.54, 1.807) is 32.4 Å². The van der Waals surface area contributed by atoms with Gasteiger partial charge in [0.05, 0.1) is 0 Å². The topological polar surface area (TPSA) is 86.8 Å². The SMILES string of the molecule is COc1cc2[se]n(CCC3CCN(Cc4cccc([N+](=O)[O-])c4)CC3)c(=O)c2cc1OC. The van der Waals surface area contributed by atoms with Crippen LogP contribution in [0.15, 0.2) is 41.2 Å². The third-order valence-electron chi connectivity index (χ3n) is 6.13. The predicted molar refractivity (Wildman–Crippen MR) is 124 cm³/mol. The Morgan fingerprint density at radius 3 is 2.53 bits per heavy atom. The van der Waals surface area contributed by atoms with Crippen molar-refractivity contribution in [3.63, 3.8) is 0 Å². The van der Waals surface area contributed by atoms with Crippen LogP contribution in [-0.2, 0) is 13.1 Å². The second-order valence-corrected chi connectivity index (χ2v) is 10.4. The number of fused-ring (bicyclic) bond motifs is 1. The molecule has 0 unspecified atom stereocenters. The molecule has 2 heterocycles. The zero-order valence-electron chi connectivity index (χ0n) is 18.3. The van der Waals surface area contributed by atoms with Crippen LogP contribution in [0.5, 0.6) is 11.5 Å². The molecule has 0 amide bonds. The van der Waals surface area contributed by atoms with E-state index in [1.807, 2.05) is 15.7 Å². The third-order valence-corrected chi connectivity index (χ3v) is 8.44. The number of hydrogen-bond acceptors (Lipinski definition) is 6. The van der Waals surface area contributed by atoms with E-state index in [4.69, 9.17) is 9.47 Å². The number of ether oxygens (including phenoxy) is 2. The van der Waals surface area contributed by atoms with Gasteiger partial charge in [0.2, 0.25) is 0 Å². The Kier molecular flexibility index (Phi) is 6.98. The maximum atomic E-state index is 12.9. The van der Waals surface area contributed by atoms with Gasteiger partial charge in [-0.2, -0.15) is 0 Å². The summed E-state index contributed by atoms with van der Waals surface area (Å²) in [5.74, 6) is 1.85. The molecule has 1 aliphatic heterocycles. The van der Waals surface area contributed by atoms with E-state index in [0.717, 1.165) is 60.7 Å². The summed E-state index contributed by atoms with van der Waals surface area (Å²) in [5.41, 5.74) is 1.21. The van der Waals surface area contributed by atoms with E-state index < -0.39 is 0 Å². The first-order valence-electron chi connectivity index (χ1n) is 10.7. The molecule has 1 aliphatic rings. The third kappa shape index (κ3) is 4.90. The van der Waals surface area contributed by atoms with Gasteiger partial charge in [-0.25, -0.2) is 0 Å². The number of nitro benzene ring substituents is 1. The van der Waals surface area contributed by atoms with Crippen LogP contribution in [-0.4, -0.2) is 55.4 Å². The summed E-state index contributed by atoms with van der Waals surface area (Å²) in [7, 11) is 3.19. The summed E-state index contributed by atoms with van der Waals surface area (Å²) in [4.78, 5) is 25.8. The van der Waals surface area contributed by atoms with E-state index in [1.165, 1.54) is 6.07 Å². The predicted octanol–water partition coefficient (Wildman–Crippen LogP) is 3.29. The number of aryl methyl sites for hydroxylation is 1. The summed E-state index contributed by atoms with van der Waals surface area (Å²) in [5, 5.41) is 11.7. The van der Waals surface area contributed by atoms with Crippen molar-refractivity contribution < 1.29 is 14.4 Å². The van der Waals surface area contributed by atoms with Crippen LogP contribution in [0.1, 0.15) is 24.8 Å². The van der Waals surface area contributed by atoms with Crippen LogP contribution in [0.4, 0.5) is 5.69 Å². The van der Waals surface area contributed by atoms with E-state index in [2.05, 4.69) is 4.90 Å². The average Bonchev–Trinajstić information content (AvgIpc) is 3.12. The van der Waals surface area contributed by atoms with Crippen LogP contribution >= 0.6 is 0 Å². The fourth-order valence-corrected chi connectivity index (χ4v) is 6.44. The van der Waals surface area contributed by atoms with Gasteiger partial charge in [0.1, 0.15) is 0 Å². The number of aromatic nitrogens is 1. The summed E-state index contributed by atoms with van der Waals surface area (Å²) in [6.07, 6.45) is 3.16. The molecule has 1 fully saturated rings. The van der Waals surface area contributed by atoms with Crippen LogP contribution < -0.4 is 15.0 Å². The van der Waals surface area contributed by atoms with Crippen molar-refractivity contribution in [2.75, 3.05) is 27.3 Å². The van der Waals surface area contributed by atoms with Crippen LogP contribution in [0.3, 0.4) is 0 Å². The van der Waals surface area contributed by atoms with Crippen LogP contribution in [0.2, 0.25) is 0 Å². The van der Waals surface area contributed by atoms with Gasteiger partial charge in [-0.1, -0.05) is 0 Å². The minimum absolute atomic E-state index is 0.0330. The molecule has 2 aromatic carbocycles. The molecule has 0 atom stereocenters. The number of non-ortho nitro benzene ring substituents is 1. The fraction of sp³-hybridized carbons (Fsp3) is 0.435. The van der Waals surface area contributed by atoms with Gasteiger partial charge in [-0.15, -0.1) is 0 Å². The van der Waals surface area contributed by atoms with Crippen molar-refractivity contribution >= 4 is 30.1 Å². The van der Waals surface area contributed by atoms with Gasteiger partial charge >= 0.3 is 182 Å². The summed E-state index contributed by atoms with van der Waals surface area (Å²) >= 11 is -0.0330. The quantitative estimate of drug-likeness (QED) is 0.266. The molecule has 9 heteroatoms. The number of piperidine rings is 1. The molecule has 170 valence electrons. The minimum atomic E-state index is -0.346. The number of methoxy groups -OCH3 is 2. The molecule has 0 saturated carbocycles. The van der Waals surface area contributed by atoms with Gasteiger partial charge in [0, 0.05) is 0 Å². The van der Waals surface area contributed by atoms with Gasteiger partial charge in [-0.05, 0) is 0 Å². The number of nitro groups is 1. The van der Waals surface area contributed by atoms with Gasteiger partial charge in [-0.3, -0.25) is 10.1 Å². The Balaban J connectivity index is 1.33. The molecule has 1 saturated heterocycles. The molecule has 4 rings (SSSR count). The van der Waals surface area contributed by atoms with Crippen molar-refractivity contribution in [3.05, 3.63) is 62.4 Å². The Morgan fingerprint density at radius 1 is 1.12 bits per heavy atom. The average molecular weight is 504 g/mol. The number of nitrogens with zero attached hydrogens (tertiary/aromatic N) is 3. The first-order chi connectivity index (χ1) is 15.5. The first-order valence-corrected chi connectivity index (χ1v) is 12.3. The zero-order valence-corrected chi connectivity index (χ0v) is 20.0. The van der Waals surface area contributed by atoms with Crippen LogP contribution in [0, 0.1) is 16.0 Å². The monoisotopic (exact) mass is 505 g/mol. The molecule has 0 radical (unpaired) electrons. The van der Waals surface area contributed by atoms with E-state index in [9.17, 15) is 14.9 Å². The van der Waals surface area contributed by atoms with Crippen molar-refractivity contribution in [2.24, 2.45) is 5.92 Å². The van der Waals surface area contributed by atoms with E-state index in [0.29, 0.717) is 17.4 Å². The molecular weight excluding hydrogens is 477 g/mol. The molecule has 3 aromatic rings. The Hall–Kier alpha value is -2.61. The number of hydrogen-bond donors (Lipinski definition) is 0. The van der Waals surface area contributed by atoms with Crippen molar-refractivity contribution in [2.45, 2.75) is 32.4 Å². The molecule has 0 spiro atoms. The van der Waals surface area contributed by atoms with Crippen molar-refractivity contribution in [1.82, 2.24) is 8.46 Å². The van der Waals surface area contributed by atoms with Crippen molar-refractivity contribution in [3.8, 4) is 11.5 Å². The summed E-state index contributed by atoms with van der Waals surface area (Å²) < 4.78 is 13.7. The fourth-order valence-electron chi connectivity index (χ4n) is 4.30. The standard InChI is InChI=1S/C23H27N3O5Se/c1-30-20-13-19-22(14-21(20)31-2)32-25(23(19)27)11-8-16-6-9-24(10-7-16)15-17-4-3-5-18(12-17)26(28)29/h3-5,12-14,16H,6-11,15H2,1-2H3. The summed E-state index contributed by atoms with van der Waals surface area (Å²) in [6, 6.07) is 10.6. The first kappa shape index (κ1) is 22.6. The van der Waals surface area contributed by atoms with Gasteiger partial charge in [0.15, 0.2) is 0 Å². The second kappa shape index (κ2) is 9.90. The number of rotatable bonds is 8. The molecule has 8 nitrogen and oxygen atoms in total. The molecule has 0 N–H and O–H groups in total. The normalized spacial score (nSPS) is 15.2. The number of benzene rings is 2. The van der Waals surface area contributed by atoms with E-state index in [-0.39, 0.29) is 30.9 Å². The van der Waals surface area contributed by atoms with Gasteiger partial charge in [0.25, 0.3) is 0 Å². The second-order valence-electron chi connectivity index (χ2n) is 8.14. The Morgan fingerprint density at radius 2 is 1.84 bits per heavy atom. The Bertz CT molecular complexity index is 1160. The molecular formula is C23H27N3O5Se. The maximum absolute atomic E-state index is 12.9.